The number of hydrogen-bond acceptors (Lipinski definition) is 2. The lowest BCUT2D eigenvalue weighted by atomic mass is 10.1. The van der Waals surface area contributed by atoms with Crippen LogP contribution in [0.25, 0.3) is 0 Å². The van der Waals surface area contributed by atoms with Gasteiger partial charge in [-0.3, -0.25) is 0 Å². The summed E-state index contributed by atoms with van der Waals surface area (Å²) in [6, 6.07) is 9.79. The van der Waals surface area contributed by atoms with Crippen LogP contribution in [-0.4, -0.2) is 12.6 Å². The van der Waals surface area contributed by atoms with Crippen molar-refractivity contribution < 1.29 is 4.74 Å². The molecular formula is C15H11Br3ClNO. The summed E-state index contributed by atoms with van der Waals surface area (Å²) in [6.45, 7) is 0.727. The molecular weight excluding hydrogens is 485 g/mol. The van der Waals surface area contributed by atoms with Crippen molar-refractivity contribution in [3.05, 3.63) is 54.3 Å². The second-order valence-electron chi connectivity index (χ2n) is 4.82. The maximum atomic E-state index is 6.01. The molecule has 21 heavy (non-hydrogen) atoms. The number of hydrogen-bond donors (Lipinski definition) is 1. The highest BCUT2D eigenvalue weighted by atomic mass is 79.9. The largest absolute Gasteiger partial charge is 0.488 e. The van der Waals surface area contributed by atoms with Crippen LogP contribution in [0.4, 0.5) is 5.69 Å². The Morgan fingerprint density at radius 1 is 1.14 bits per heavy atom. The van der Waals surface area contributed by atoms with Crippen LogP contribution in [0.5, 0.6) is 5.75 Å². The van der Waals surface area contributed by atoms with E-state index in [4.69, 9.17) is 16.3 Å². The minimum Gasteiger partial charge on any atom is -0.488 e. The summed E-state index contributed by atoms with van der Waals surface area (Å²) in [5.41, 5.74) is 2.19. The van der Waals surface area contributed by atoms with Crippen molar-refractivity contribution in [1.82, 2.24) is 0 Å². The fraction of sp³-hybridized carbons (Fsp3) is 0.200. The molecule has 0 saturated heterocycles. The molecule has 1 unspecified atom stereocenters. The van der Waals surface area contributed by atoms with Crippen molar-refractivity contribution in [2.75, 3.05) is 11.9 Å². The summed E-state index contributed by atoms with van der Waals surface area (Å²) in [4.78, 5) is 0. The molecule has 2 aromatic rings. The average Bonchev–Trinajstić information content (AvgIpc) is 2.79. The van der Waals surface area contributed by atoms with Crippen molar-refractivity contribution in [3.63, 3.8) is 0 Å². The van der Waals surface area contributed by atoms with Gasteiger partial charge in [-0.05, 0) is 67.8 Å². The van der Waals surface area contributed by atoms with Gasteiger partial charge in [-0.1, -0.05) is 27.5 Å². The van der Waals surface area contributed by atoms with E-state index in [-0.39, 0.29) is 6.10 Å². The van der Waals surface area contributed by atoms with E-state index >= 15 is 0 Å². The number of rotatable bonds is 3. The van der Waals surface area contributed by atoms with E-state index in [1.54, 1.807) is 0 Å². The third-order valence-corrected chi connectivity index (χ3v) is 5.22. The zero-order valence-corrected chi connectivity index (χ0v) is 16.3. The smallest absolute Gasteiger partial charge is 0.123 e. The average molecular weight is 496 g/mol. The molecule has 0 spiro atoms. The zero-order chi connectivity index (χ0) is 15.0. The van der Waals surface area contributed by atoms with E-state index in [0.29, 0.717) is 0 Å². The maximum absolute atomic E-state index is 6.01. The molecule has 0 amide bonds. The number of ether oxygens (including phenoxy) is 1. The number of anilines is 1. The van der Waals surface area contributed by atoms with Gasteiger partial charge in [0.05, 0.1) is 12.2 Å². The highest BCUT2D eigenvalue weighted by Crippen LogP contribution is 2.35. The Bertz CT molecular complexity index is 670. The van der Waals surface area contributed by atoms with Crippen molar-refractivity contribution >= 4 is 65.1 Å². The topological polar surface area (TPSA) is 21.3 Å². The molecule has 3 rings (SSSR count). The van der Waals surface area contributed by atoms with Gasteiger partial charge in [0.2, 0.25) is 0 Å². The molecule has 1 aliphatic heterocycles. The number of fused-ring (bicyclic) bond motifs is 1. The van der Waals surface area contributed by atoms with Gasteiger partial charge in [-0.25, -0.2) is 0 Å². The molecule has 0 aliphatic carbocycles. The first kappa shape index (κ1) is 15.7. The van der Waals surface area contributed by atoms with Crippen LogP contribution in [0.3, 0.4) is 0 Å². The zero-order valence-electron chi connectivity index (χ0n) is 10.8. The molecule has 2 aromatic carbocycles. The Kier molecular flexibility index (Phi) is 4.84. The van der Waals surface area contributed by atoms with E-state index < -0.39 is 0 Å². The molecule has 1 heterocycles. The van der Waals surface area contributed by atoms with Crippen molar-refractivity contribution in [2.24, 2.45) is 0 Å². The number of nitrogens with one attached hydrogen (secondary N) is 1. The molecule has 110 valence electrons. The van der Waals surface area contributed by atoms with Crippen LogP contribution in [0, 0.1) is 0 Å². The molecule has 0 fully saturated rings. The van der Waals surface area contributed by atoms with Gasteiger partial charge in [-0.15, -0.1) is 0 Å². The third-order valence-electron chi connectivity index (χ3n) is 3.28. The third kappa shape index (κ3) is 3.58. The van der Waals surface area contributed by atoms with Gasteiger partial charge >= 0.3 is 0 Å². The molecule has 0 aromatic heterocycles. The summed E-state index contributed by atoms with van der Waals surface area (Å²) in [5.74, 6) is 0.931. The Hall–Kier alpha value is -0.230. The first-order valence-corrected chi connectivity index (χ1v) is 9.12. The highest BCUT2D eigenvalue weighted by molar-refractivity contribution is 9.11. The molecule has 0 radical (unpaired) electrons. The first-order chi connectivity index (χ1) is 10.0. The predicted octanol–water partition coefficient (Wildman–Crippen LogP) is 6.04. The first-order valence-electron chi connectivity index (χ1n) is 6.36. The monoisotopic (exact) mass is 493 g/mol. The highest BCUT2D eigenvalue weighted by Gasteiger charge is 2.23. The van der Waals surface area contributed by atoms with Gasteiger partial charge < -0.3 is 10.1 Å². The summed E-state index contributed by atoms with van der Waals surface area (Å²) < 4.78 is 8.95. The van der Waals surface area contributed by atoms with E-state index in [2.05, 4.69) is 53.1 Å². The SMILES string of the molecule is Clc1ccc2c(c1)CC(CNc1c(Br)cc(Br)cc1Br)O2. The van der Waals surface area contributed by atoms with Crippen LogP contribution in [0.1, 0.15) is 5.56 Å². The summed E-state index contributed by atoms with van der Waals surface area (Å²) in [7, 11) is 0. The normalized spacial score (nSPS) is 16.5. The van der Waals surface area contributed by atoms with Crippen molar-refractivity contribution in [3.8, 4) is 5.75 Å². The van der Waals surface area contributed by atoms with Crippen LogP contribution in [-0.2, 0) is 6.42 Å². The predicted molar refractivity (Wildman–Crippen MR) is 97.6 cm³/mol. The fourth-order valence-corrected chi connectivity index (χ4v) is 5.06. The molecule has 1 N–H and O–H groups in total. The van der Waals surface area contributed by atoms with Crippen LogP contribution >= 0.6 is 59.4 Å². The van der Waals surface area contributed by atoms with Gasteiger partial charge in [0.25, 0.3) is 0 Å². The number of benzene rings is 2. The van der Waals surface area contributed by atoms with E-state index in [1.165, 1.54) is 5.56 Å². The van der Waals surface area contributed by atoms with Crippen LogP contribution in [0.15, 0.2) is 43.7 Å². The maximum Gasteiger partial charge on any atom is 0.123 e. The Balaban J connectivity index is 1.68. The molecule has 6 heteroatoms. The van der Waals surface area contributed by atoms with Crippen molar-refractivity contribution in [1.29, 1.82) is 0 Å². The Morgan fingerprint density at radius 3 is 2.57 bits per heavy atom. The van der Waals surface area contributed by atoms with Crippen LogP contribution in [0.2, 0.25) is 5.02 Å². The second kappa shape index (κ2) is 6.49. The fourth-order valence-electron chi connectivity index (χ4n) is 2.33. The minimum absolute atomic E-state index is 0.112. The standard InChI is InChI=1S/C15H11Br3ClNO/c16-9-5-12(17)15(13(18)6-9)20-7-11-4-8-3-10(19)1-2-14(8)21-11/h1-3,5-6,11,20H,4,7H2. The van der Waals surface area contributed by atoms with E-state index in [1.807, 2.05) is 30.3 Å². The molecule has 0 bridgehead atoms. The minimum atomic E-state index is 0.112. The van der Waals surface area contributed by atoms with Crippen molar-refractivity contribution in [2.45, 2.75) is 12.5 Å². The lowest BCUT2D eigenvalue weighted by Crippen LogP contribution is -2.24. The quantitative estimate of drug-likeness (QED) is 0.559. The van der Waals surface area contributed by atoms with E-state index in [9.17, 15) is 0 Å². The number of halogens is 4. The van der Waals surface area contributed by atoms with E-state index in [0.717, 1.165) is 42.8 Å². The Labute approximate surface area is 153 Å². The van der Waals surface area contributed by atoms with Gasteiger partial charge in [-0.2, -0.15) is 0 Å². The molecule has 0 saturated carbocycles. The lowest BCUT2D eigenvalue weighted by molar-refractivity contribution is 0.246. The van der Waals surface area contributed by atoms with Gasteiger partial charge in [0.1, 0.15) is 11.9 Å². The lowest BCUT2D eigenvalue weighted by Gasteiger charge is -2.15. The molecule has 2 nitrogen and oxygen atoms in total. The van der Waals surface area contributed by atoms with Gasteiger partial charge in [0, 0.05) is 24.9 Å². The molecule has 1 atom stereocenters. The molecule has 1 aliphatic rings. The summed E-state index contributed by atoms with van der Waals surface area (Å²) in [5, 5.41) is 4.18. The van der Waals surface area contributed by atoms with Gasteiger partial charge in [0.15, 0.2) is 0 Å². The summed E-state index contributed by atoms with van der Waals surface area (Å²) >= 11 is 16.6. The summed E-state index contributed by atoms with van der Waals surface area (Å²) in [6.07, 6.45) is 0.982. The Morgan fingerprint density at radius 2 is 1.86 bits per heavy atom. The van der Waals surface area contributed by atoms with Crippen LogP contribution < -0.4 is 10.1 Å². The second-order valence-corrected chi connectivity index (χ2v) is 7.88.